The molecule has 98 valence electrons. The van der Waals surface area contributed by atoms with Gasteiger partial charge in [-0.2, -0.15) is 5.26 Å². The number of nitriles is 1. The molecule has 0 radical (unpaired) electrons. The van der Waals surface area contributed by atoms with Crippen LogP contribution in [0.5, 0.6) is 0 Å². The SMILES string of the molecule is CCc1cnc(C(C)NCc2ccccc2C#N)s1. The standard InChI is InChI=1S/C15H17N3S/c1-3-14-10-18-15(19-14)11(2)17-9-13-7-5-4-6-12(13)8-16/h4-7,10-11,17H,3,9H2,1-2H3. The third-order valence-corrected chi connectivity index (χ3v) is 4.35. The van der Waals surface area contributed by atoms with Crippen molar-refractivity contribution in [1.82, 2.24) is 10.3 Å². The molecule has 2 rings (SSSR count). The van der Waals surface area contributed by atoms with E-state index in [4.69, 9.17) is 5.26 Å². The molecular formula is C15H17N3S. The fourth-order valence-corrected chi connectivity index (χ4v) is 2.70. The minimum Gasteiger partial charge on any atom is -0.304 e. The van der Waals surface area contributed by atoms with Crippen LogP contribution >= 0.6 is 11.3 Å². The van der Waals surface area contributed by atoms with Crippen molar-refractivity contribution in [1.29, 1.82) is 5.26 Å². The Hall–Kier alpha value is -1.70. The summed E-state index contributed by atoms with van der Waals surface area (Å²) in [6, 6.07) is 10.1. The van der Waals surface area contributed by atoms with Crippen LogP contribution in [0.3, 0.4) is 0 Å². The van der Waals surface area contributed by atoms with Crippen LogP contribution in [0, 0.1) is 11.3 Å². The zero-order chi connectivity index (χ0) is 13.7. The highest BCUT2D eigenvalue weighted by Gasteiger charge is 2.10. The summed E-state index contributed by atoms with van der Waals surface area (Å²) >= 11 is 1.75. The maximum Gasteiger partial charge on any atom is 0.109 e. The maximum absolute atomic E-state index is 9.05. The average Bonchev–Trinajstić information content (AvgIpc) is 2.94. The molecule has 19 heavy (non-hydrogen) atoms. The molecule has 1 aromatic heterocycles. The Bertz CT molecular complexity index is 583. The molecule has 2 aromatic rings. The quantitative estimate of drug-likeness (QED) is 0.906. The van der Waals surface area contributed by atoms with Gasteiger partial charge in [-0.3, -0.25) is 0 Å². The Labute approximate surface area is 117 Å². The lowest BCUT2D eigenvalue weighted by molar-refractivity contribution is 0.571. The van der Waals surface area contributed by atoms with Crippen molar-refractivity contribution in [2.75, 3.05) is 0 Å². The van der Waals surface area contributed by atoms with Gasteiger partial charge in [-0.05, 0) is 25.0 Å². The summed E-state index contributed by atoms with van der Waals surface area (Å²) in [6.45, 7) is 4.93. The highest BCUT2D eigenvalue weighted by molar-refractivity contribution is 7.11. The summed E-state index contributed by atoms with van der Waals surface area (Å²) in [5, 5.41) is 13.6. The van der Waals surface area contributed by atoms with Crippen LogP contribution < -0.4 is 5.32 Å². The number of rotatable bonds is 5. The molecule has 1 atom stereocenters. The van der Waals surface area contributed by atoms with Crippen molar-refractivity contribution in [2.45, 2.75) is 32.9 Å². The molecule has 0 amide bonds. The summed E-state index contributed by atoms with van der Waals surface area (Å²) in [4.78, 5) is 5.74. The summed E-state index contributed by atoms with van der Waals surface area (Å²) in [5.74, 6) is 0. The summed E-state index contributed by atoms with van der Waals surface area (Å²) in [6.07, 6.45) is 2.98. The zero-order valence-corrected chi connectivity index (χ0v) is 12.0. The Morgan fingerprint density at radius 1 is 1.42 bits per heavy atom. The van der Waals surface area contributed by atoms with Gasteiger partial charge in [0, 0.05) is 17.6 Å². The second-order valence-electron chi connectivity index (χ2n) is 4.39. The summed E-state index contributed by atoms with van der Waals surface area (Å²) in [7, 11) is 0. The molecule has 1 N–H and O–H groups in total. The van der Waals surface area contributed by atoms with Crippen LogP contribution in [0.1, 0.15) is 40.9 Å². The van der Waals surface area contributed by atoms with Crippen LogP contribution in [0.4, 0.5) is 0 Å². The van der Waals surface area contributed by atoms with Gasteiger partial charge >= 0.3 is 0 Å². The van der Waals surface area contributed by atoms with Gasteiger partial charge in [-0.15, -0.1) is 11.3 Å². The minimum atomic E-state index is 0.206. The van der Waals surface area contributed by atoms with Crippen LogP contribution in [0.2, 0.25) is 0 Å². The topological polar surface area (TPSA) is 48.7 Å². The Balaban J connectivity index is 2.00. The van der Waals surface area contributed by atoms with E-state index in [1.54, 1.807) is 11.3 Å². The third kappa shape index (κ3) is 3.40. The second-order valence-corrected chi connectivity index (χ2v) is 5.54. The first-order chi connectivity index (χ1) is 9.24. The van der Waals surface area contributed by atoms with Crippen LogP contribution in [-0.2, 0) is 13.0 Å². The minimum absolute atomic E-state index is 0.206. The number of benzene rings is 1. The lowest BCUT2D eigenvalue weighted by Crippen LogP contribution is -2.18. The van der Waals surface area contributed by atoms with E-state index >= 15 is 0 Å². The molecule has 0 saturated carbocycles. The van der Waals surface area contributed by atoms with Crippen LogP contribution in [0.15, 0.2) is 30.5 Å². The van der Waals surface area contributed by atoms with Crippen molar-refractivity contribution in [2.24, 2.45) is 0 Å². The lowest BCUT2D eigenvalue weighted by Gasteiger charge is -2.11. The Morgan fingerprint density at radius 2 is 2.21 bits per heavy atom. The number of aromatic nitrogens is 1. The van der Waals surface area contributed by atoms with Crippen molar-refractivity contribution in [3.8, 4) is 6.07 Å². The average molecular weight is 271 g/mol. The van der Waals surface area contributed by atoms with E-state index in [-0.39, 0.29) is 6.04 Å². The van der Waals surface area contributed by atoms with Gasteiger partial charge in [0.1, 0.15) is 5.01 Å². The summed E-state index contributed by atoms with van der Waals surface area (Å²) in [5.41, 5.74) is 1.76. The van der Waals surface area contributed by atoms with Gasteiger partial charge in [0.2, 0.25) is 0 Å². The molecule has 0 aliphatic carbocycles. The largest absolute Gasteiger partial charge is 0.304 e. The van der Waals surface area contributed by atoms with Gasteiger partial charge in [0.25, 0.3) is 0 Å². The number of nitrogens with zero attached hydrogens (tertiary/aromatic N) is 2. The van der Waals surface area contributed by atoms with E-state index in [1.165, 1.54) is 4.88 Å². The molecule has 1 unspecified atom stereocenters. The lowest BCUT2D eigenvalue weighted by atomic mass is 10.1. The van der Waals surface area contributed by atoms with E-state index in [1.807, 2.05) is 30.5 Å². The number of hydrogen-bond donors (Lipinski definition) is 1. The fourth-order valence-electron chi connectivity index (χ4n) is 1.82. The van der Waals surface area contributed by atoms with Crippen LogP contribution in [-0.4, -0.2) is 4.98 Å². The zero-order valence-electron chi connectivity index (χ0n) is 11.2. The third-order valence-electron chi connectivity index (χ3n) is 3.03. The maximum atomic E-state index is 9.05. The highest BCUT2D eigenvalue weighted by atomic mass is 32.1. The van der Waals surface area contributed by atoms with E-state index in [0.29, 0.717) is 6.54 Å². The first kappa shape index (κ1) is 13.7. The van der Waals surface area contributed by atoms with Gasteiger partial charge in [-0.25, -0.2) is 4.98 Å². The predicted molar refractivity (Wildman–Crippen MR) is 77.9 cm³/mol. The fraction of sp³-hybridized carbons (Fsp3) is 0.333. The highest BCUT2D eigenvalue weighted by Crippen LogP contribution is 2.20. The van der Waals surface area contributed by atoms with Crippen molar-refractivity contribution in [3.05, 3.63) is 51.5 Å². The normalized spacial score (nSPS) is 12.1. The second kappa shape index (κ2) is 6.46. The monoisotopic (exact) mass is 271 g/mol. The molecule has 0 fully saturated rings. The number of hydrogen-bond acceptors (Lipinski definition) is 4. The molecular weight excluding hydrogens is 254 g/mol. The molecule has 0 aliphatic heterocycles. The smallest absolute Gasteiger partial charge is 0.109 e. The van der Waals surface area contributed by atoms with Crippen molar-refractivity contribution < 1.29 is 0 Å². The molecule has 0 aliphatic rings. The van der Waals surface area contributed by atoms with Crippen molar-refractivity contribution in [3.63, 3.8) is 0 Å². The first-order valence-electron chi connectivity index (χ1n) is 6.40. The number of aryl methyl sites for hydroxylation is 1. The Kier molecular flexibility index (Phi) is 4.67. The van der Waals surface area contributed by atoms with Gasteiger partial charge < -0.3 is 5.32 Å². The molecule has 3 nitrogen and oxygen atoms in total. The molecule has 1 aromatic carbocycles. The molecule has 1 heterocycles. The van der Waals surface area contributed by atoms with Gasteiger partial charge in [-0.1, -0.05) is 25.1 Å². The van der Waals surface area contributed by atoms with Gasteiger partial charge in [0.15, 0.2) is 0 Å². The van der Waals surface area contributed by atoms with E-state index < -0.39 is 0 Å². The Morgan fingerprint density at radius 3 is 2.89 bits per heavy atom. The van der Waals surface area contributed by atoms with Crippen LogP contribution in [0.25, 0.3) is 0 Å². The molecule has 4 heteroatoms. The molecule has 0 saturated heterocycles. The number of thiazole rings is 1. The van der Waals surface area contributed by atoms with E-state index in [2.05, 4.69) is 30.2 Å². The molecule has 0 bridgehead atoms. The predicted octanol–water partition coefficient (Wildman–Crippen LogP) is 3.43. The number of nitrogens with one attached hydrogen (secondary N) is 1. The van der Waals surface area contributed by atoms with E-state index in [9.17, 15) is 0 Å². The molecule has 0 spiro atoms. The van der Waals surface area contributed by atoms with E-state index in [0.717, 1.165) is 22.6 Å². The summed E-state index contributed by atoms with van der Waals surface area (Å²) < 4.78 is 0. The van der Waals surface area contributed by atoms with Crippen molar-refractivity contribution >= 4 is 11.3 Å². The van der Waals surface area contributed by atoms with Gasteiger partial charge in [0.05, 0.1) is 17.7 Å². The first-order valence-corrected chi connectivity index (χ1v) is 7.22.